The van der Waals surface area contributed by atoms with Gasteiger partial charge in [-0.3, -0.25) is 4.57 Å². The molecule has 3 rings (SSSR count). The van der Waals surface area contributed by atoms with Crippen molar-refractivity contribution in [1.82, 2.24) is 14.5 Å². The number of aromatic nitrogens is 3. The Morgan fingerprint density at radius 1 is 1.25 bits per heavy atom. The van der Waals surface area contributed by atoms with Crippen molar-refractivity contribution in [3.63, 3.8) is 0 Å². The molecule has 0 amide bonds. The fourth-order valence-electron chi connectivity index (χ4n) is 3.39. The summed E-state index contributed by atoms with van der Waals surface area (Å²) < 4.78 is 12.6. The lowest BCUT2D eigenvalue weighted by atomic mass is 10.1. The first-order valence-corrected chi connectivity index (χ1v) is 8.95. The summed E-state index contributed by atoms with van der Waals surface area (Å²) in [4.78, 5) is 9.10. The molecule has 1 aromatic carbocycles. The van der Waals surface area contributed by atoms with E-state index in [0.717, 1.165) is 22.6 Å². The average Bonchev–Trinajstić information content (AvgIpc) is 2.94. The van der Waals surface area contributed by atoms with Gasteiger partial charge in [0.1, 0.15) is 29.0 Å². The number of anilines is 1. The number of methoxy groups -OCH3 is 1. The molecule has 0 bridgehead atoms. The minimum Gasteiger partial charge on any atom is -0.501 e. The summed E-state index contributed by atoms with van der Waals surface area (Å²) in [7, 11) is 1.63. The summed E-state index contributed by atoms with van der Waals surface area (Å²) >= 11 is 0. The quantitative estimate of drug-likeness (QED) is 0.679. The van der Waals surface area contributed by atoms with E-state index in [0.29, 0.717) is 40.5 Å². The van der Waals surface area contributed by atoms with E-state index in [9.17, 15) is 5.26 Å². The molecule has 0 atom stereocenters. The van der Waals surface area contributed by atoms with Gasteiger partial charge in [-0.25, -0.2) is 9.97 Å². The molecule has 0 radical (unpaired) electrons. The van der Waals surface area contributed by atoms with Crippen molar-refractivity contribution in [2.75, 3.05) is 19.5 Å². The van der Waals surface area contributed by atoms with Crippen LogP contribution in [0.2, 0.25) is 0 Å². The van der Waals surface area contributed by atoms with Crippen LogP contribution < -0.4 is 10.5 Å². The zero-order valence-corrected chi connectivity index (χ0v) is 16.7. The number of nitrogen functional groups attached to an aromatic ring is 1. The second-order valence-electron chi connectivity index (χ2n) is 6.38. The molecule has 0 saturated heterocycles. The van der Waals surface area contributed by atoms with Crippen molar-refractivity contribution in [1.29, 1.82) is 5.26 Å². The van der Waals surface area contributed by atoms with E-state index in [4.69, 9.17) is 15.2 Å². The van der Waals surface area contributed by atoms with Crippen molar-refractivity contribution in [3.8, 4) is 17.5 Å². The lowest BCUT2D eigenvalue weighted by Crippen LogP contribution is -2.07. The molecule has 2 heterocycles. The highest BCUT2D eigenvalue weighted by atomic mass is 16.5. The molecule has 0 aliphatic carbocycles. The summed E-state index contributed by atoms with van der Waals surface area (Å²) in [6, 6.07) is 6.09. The predicted octanol–water partition coefficient (Wildman–Crippen LogP) is 3.82. The van der Waals surface area contributed by atoms with E-state index in [-0.39, 0.29) is 0 Å². The summed E-state index contributed by atoms with van der Waals surface area (Å²) in [5.41, 5.74) is 10.7. The van der Waals surface area contributed by atoms with E-state index < -0.39 is 0 Å². The maximum absolute atomic E-state index is 9.80. The lowest BCUT2D eigenvalue weighted by molar-refractivity contribution is 0.272. The maximum Gasteiger partial charge on any atom is 0.151 e. The number of ether oxygens (including phenoxy) is 2. The lowest BCUT2D eigenvalue weighted by Gasteiger charge is -2.16. The minimum absolute atomic E-state index is 0.322. The van der Waals surface area contributed by atoms with Crippen LogP contribution in [-0.2, 0) is 4.74 Å². The van der Waals surface area contributed by atoms with Crippen LogP contribution in [-0.4, -0.2) is 28.3 Å². The van der Waals surface area contributed by atoms with Crippen molar-refractivity contribution < 1.29 is 9.47 Å². The third-order valence-corrected chi connectivity index (χ3v) is 4.62. The summed E-state index contributed by atoms with van der Waals surface area (Å²) in [5.74, 6) is 1.63. The number of fused-ring (bicyclic) bond motifs is 1. The molecule has 2 aromatic heterocycles. The van der Waals surface area contributed by atoms with Crippen LogP contribution in [0.3, 0.4) is 0 Å². The van der Waals surface area contributed by atoms with Gasteiger partial charge in [-0.2, -0.15) is 5.26 Å². The minimum atomic E-state index is 0.322. The van der Waals surface area contributed by atoms with Crippen molar-refractivity contribution in [2.24, 2.45) is 0 Å². The van der Waals surface area contributed by atoms with Gasteiger partial charge in [-0.05, 0) is 45.4 Å². The third kappa shape index (κ3) is 3.03. The Morgan fingerprint density at radius 2 is 2.00 bits per heavy atom. The van der Waals surface area contributed by atoms with Gasteiger partial charge in [-0.1, -0.05) is 6.07 Å². The first-order valence-electron chi connectivity index (χ1n) is 8.95. The molecule has 7 nitrogen and oxygen atoms in total. The third-order valence-electron chi connectivity index (χ3n) is 4.62. The maximum atomic E-state index is 9.80. The van der Waals surface area contributed by atoms with Crippen molar-refractivity contribution in [3.05, 3.63) is 46.6 Å². The first kappa shape index (κ1) is 19.2. The van der Waals surface area contributed by atoms with Gasteiger partial charge >= 0.3 is 0 Å². The molecule has 0 spiro atoms. The standard InChI is InChI=1S/C21H23N5O2/c1-6-28-10-9-16-18-15(11-22)20(23)26(21(18)25-14(4)24-16)19-12(2)7-8-17(27-5)13(19)3/h7-10H,6,23H2,1-5H3/b10-9+. The van der Waals surface area contributed by atoms with Gasteiger partial charge < -0.3 is 15.2 Å². The number of benzene rings is 1. The van der Waals surface area contributed by atoms with E-state index in [1.807, 2.05) is 44.4 Å². The number of nitrogens with zero attached hydrogens (tertiary/aromatic N) is 4. The van der Waals surface area contributed by atoms with Crippen molar-refractivity contribution >= 4 is 22.9 Å². The Hall–Kier alpha value is -3.53. The van der Waals surface area contributed by atoms with Gasteiger partial charge in [0.15, 0.2) is 5.65 Å². The van der Waals surface area contributed by atoms with Crippen molar-refractivity contribution in [2.45, 2.75) is 27.7 Å². The molecule has 2 N–H and O–H groups in total. The molecule has 0 unspecified atom stereocenters. The molecule has 0 aliphatic rings. The van der Waals surface area contributed by atoms with E-state index in [1.54, 1.807) is 19.4 Å². The number of rotatable bonds is 5. The smallest absolute Gasteiger partial charge is 0.151 e. The molecule has 7 heteroatoms. The Balaban J connectivity index is 2.44. The van der Waals surface area contributed by atoms with Crippen LogP contribution in [0, 0.1) is 32.1 Å². The van der Waals surface area contributed by atoms with Crippen LogP contribution in [0.25, 0.3) is 22.8 Å². The van der Waals surface area contributed by atoms with E-state index >= 15 is 0 Å². The van der Waals surface area contributed by atoms with Gasteiger partial charge in [0.2, 0.25) is 0 Å². The molecular weight excluding hydrogens is 354 g/mol. The molecule has 0 aliphatic heterocycles. The fourth-order valence-corrected chi connectivity index (χ4v) is 3.39. The highest BCUT2D eigenvalue weighted by Gasteiger charge is 2.23. The van der Waals surface area contributed by atoms with Gasteiger partial charge in [0, 0.05) is 5.56 Å². The zero-order valence-electron chi connectivity index (χ0n) is 16.7. The summed E-state index contributed by atoms with van der Waals surface area (Å²) in [6.45, 7) is 8.20. The number of nitrogens with two attached hydrogens (primary N) is 1. The van der Waals surface area contributed by atoms with Crippen LogP contribution in [0.1, 0.15) is 35.1 Å². The Kier molecular flexibility index (Phi) is 5.23. The van der Waals surface area contributed by atoms with Gasteiger partial charge in [-0.15, -0.1) is 0 Å². The second-order valence-corrected chi connectivity index (χ2v) is 6.38. The number of hydrogen-bond donors (Lipinski definition) is 1. The summed E-state index contributed by atoms with van der Waals surface area (Å²) in [6.07, 6.45) is 3.30. The Bertz CT molecular complexity index is 1120. The second kappa shape index (κ2) is 7.61. The van der Waals surface area contributed by atoms with E-state index in [2.05, 4.69) is 16.0 Å². The Morgan fingerprint density at radius 3 is 2.64 bits per heavy atom. The van der Waals surface area contributed by atoms with Crippen LogP contribution >= 0.6 is 0 Å². The SMILES string of the molecule is CCO/C=C/c1nc(C)nc2c1c(C#N)c(N)n2-c1c(C)ccc(OC)c1C. The summed E-state index contributed by atoms with van der Waals surface area (Å²) in [5, 5.41) is 10.4. The van der Waals surface area contributed by atoms with Crippen LogP contribution in [0.15, 0.2) is 18.4 Å². The molecule has 0 fully saturated rings. The largest absolute Gasteiger partial charge is 0.501 e. The number of nitriles is 1. The number of aryl methyl sites for hydroxylation is 2. The predicted molar refractivity (Wildman–Crippen MR) is 109 cm³/mol. The topological polar surface area (TPSA) is 99.0 Å². The molecule has 3 aromatic rings. The average molecular weight is 377 g/mol. The van der Waals surface area contributed by atoms with Gasteiger partial charge in [0.25, 0.3) is 0 Å². The molecular formula is C21H23N5O2. The normalized spacial score (nSPS) is 11.1. The van der Waals surface area contributed by atoms with Crippen LogP contribution in [0.5, 0.6) is 5.75 Å². The Labute approximate surface area is 164 Å². The monoisotopic (exact) mass is 377 g/mol. The van der Waals surface area contributed by atoms with E-state index in [1.165, 1.54) is 0 Å². The molecule has 144 valence electrons. The molecule has 28 heavy (non-hydrogen) atoms. The fraction of sp³-hybridized carbons (Fsp3) is 0.286. The highest BCUT2D eigenvalue weighted by molar-refractivity contribution is 5.96. The molecule has 0 saturated carbocycles. The number of hydrogen-bond acceptors (Lipinski definition) is 6. The first-order chi connectivity index (χ1) is 13.4. The highest BCUT2D eigenvalue weighted by Crippen LogP contribution is 2.36. The zero-order chi connectivity index (χ0) is 20.4. The van der Waals surface area contributed by atoms with Gasteiger partial charge in [0.05, 0.1) is 36.7 Å². The van der Waals surface area contributed by atoms with Crippen LogP contribution in [0.4, 0.5) is 5.82 Å².